The van der Waals surface area contributed by atoms with E-state index in [4.69, 9.17) is 0 Å². The molecule has 0 unspecified atom stereocenters. The maximum atomic E-state index is 11.0. The van der Waals surface area contributed by atoms with Gasteiger partial charge in [-0.2, -0.15) is 0 Å². The lowest BCUT2D eigenvalue weighted by Gasteiger charge is -2.17. The third-order valence-electron chi connectivity index (χ3n) is 1.28. The van der Waals surface area contributed by atoms with E-state index in [0.29, 0.717) is 18.4 Å². The monoisotopic (exact) mass is 243 g/mol. The van der Waals surface area contributed by atoms with Crippen molar-refractivity contribution in [2.45, 2.75) is 13.3 Å². The zero-order valence-electron chi connectivity index (χ0n) is 6.88. The third-order valence-corrected chi connectivity index (χ3v) is 2.93. The van der Waals surface area contributed by atoms with Crippen LogP contribution in [0.25, 0.3) is 0 Å². The van der Waals surface area contributed by atoms with Gasteiger partial charge in [-0.3, -0.25) is 0 Å². The Kier molecular flexibility index (Phi) is 5.29. The minimum absolute atomic E-state index is 0.562. The Morgan fingerprint density at radius 2 is 1.91 bits per heavy atom. The van der Waals surface area contributed by atoms with E-state index in [0.717, 1.165) is 6.42 Å². The van der Waals surface area contributed by atoms with Gasteiger partial charge in [-0.15, -0.1) is 0 Å². The van der Waals surface area contributed by atoms with Crippen LogP contribution in [0.5, 0.6) is 0 Å². The van der Waals surface area contributed by atoms with Gasteiger partial charge in [-0.05, 0) is 6.42 Å². The topological polar surface area (TPSA) is 37.4 Å². The SMILES string of the molecule is CCCN(CCBr)S(C)(=O)=O. The second-order valence-electron chi connectivity index (χ2n) is 2.35. The molecule has 0 N–H and O–H groups in total. The number of hydrogen-bond acceptors (Lipinski definition) is 2. The van der Waals surface area contributed by atoms with Crippen molar-refractivity contribution in [3.05, 3.63) is 0 Å². The van der Waals surface area contributed by atoms with Gasteiger partial charge in [0.1, 0.15) is 0 Å². The van der Waals surface area contributed by atoms with Crippen molar-refractivity contribution in [3.63, 3.8) is 0 Å². The molecule has 0 aromatic carbocycles. The summed E-state index contributed by atoms with van der Waals surface area (Å²) in [4.78, 5) is 0. The van der Waals surface area contributed by atoms with Crippen LogP contribution >= 0.6 is 15.9 Å². The maximum absolute atomic E-state index is 11.0. The summed E-state index contributed by atoms with van der Waals surface area (Å²) >= 11 is 3.21. The predicted molar refractivity (Wildman–Crippen MR) is 50.5 cm³/mol. The molecular formula is C6H14BrNO2S. The van der Waals surface area contributed by atoms with Crippen LogP contribution in [0.15, 0.2) is 0 Å². The van der Waals surface area contributed by atoms with Gasteiger partial charge in [-0.25, -0.2) is 12.7 Å². The fourth-order valence-corrected chi connectivity index (χ4v) is 2.39. The van der Waals surface area contributed by atoms with E-state index in [-0.39, 0.29) is 0 Å². The van der Waals surface area contributed by atoms with Crippen molar-refractivity contribution in [1.82, 2.24) is 4.31 Å². The van der Waals surface area contributed by atoms with Crippen LogP contribution in [0, 0.1) is 0 Å². The highest BCUT2D eigenvalue weighted by molar-refractivity contribution is 9.09. The molecule has 0 fully saturated rings. The first-order valence-electron chi connectivity index (χ1n) is 3.53. The average Bonchev–Trinajstić information content (AvgIpc) is 1.85. The van der Waals surface area contributed by atoms with Gasteiger partial charge in [-0.1, -0.05) is 22.9 Å². The molecule has 68 valence electrons. The standard InChI is InChI=1S/C6H14BrNO2S/c1-3-5-8(6-4-7)11(2,9)10/h3-6H2,1-2H3. The summed E-state index contributed by atoms with van der Waals surface area (Å²) in [5.41, 5.74) is 0. The second-order valence-corrected chi connectivity index (χ2v) is 5.13. The van der Waals surface area contributed by atoms with E-state index in [1.165, 1.54) is 10.6 Å². The van der Waals surface area contributed by atoms with Crippen LogP contribution in [0.4, 0.5) is 0 Å². The summed E-state index contributed by atoms with van der Waals surface area (Å²) < 4.78 is 23.5. The van der Waals surface area contributed by atoms with Gasteiger partial charge >= 0.3 is 0 Å². The smallest absolute Gasteiger partial charge is 0.211 e. The zero-order chi connectivity index (χ0) is 8.91. The van der Waals surface area contributed by atoms with Gasteiger partial charge in [0.25, 0.3) is 0 Å². The van der Waals surface area contributed by atoms with E-state index < -0.39 is 10.0 Å². The molecule has 3 nitrogen and oxygen atoms in total. The highest BCUT2D eigenvalue weighted by Gasteiger charge is 2.13. The van der Waals surface area contributed by atoms with Crippen molar-refractivity contribution >= 4 is 26.0 Å². The second kappa shape index (κ2) is 5.11. The molecule has 0 amide bonds. The quantitative estimate of drug-likeness (QED) is 0.678. The molecule has 0 saturated heterocycles. The van der Waals surface area contributed by atoms with Crippen molar-refractivity contribution in [1.29, 1.82) is 0 Å². The fourth-order valence-electron chi connectivity index (χ4n) is 0.787. The summed E-state index contributed by atoms with van der Waals surface area (Å²) in [6, 6.07) is 0. The largest absolute Gasteiger partial charge is 0.213 e. The van der Waals surface area contributed by atoms with Crippen molar-refractivity contribution in [2.75, 3.05) is 24.7 Å². The molecule has 0 rings (SSSR count). The Labute approximate surface area is 77.0 Å². The first-order valence-corrected chi connectivity index (χ1v) is 6.50. The van der Waals surface area contributed by atoms with Crippen LogP contribution in [-0.2, 0) is 10.0 Å². The lowest BCUT2D eigenvalue weighted by molar-refractivity contribution is 0.434. The normalized spacial score (nSPS) is 12.4. The van der Waals surface area contributed by atoms with E-state index >= 15 is 0 Å². The first-order chi connectivity index (χ1) is 5.02. The van der Waals surface area contributed by atoms with Gasteiger partial charge in [0.15, 0.2) is 0 Å². The minimum atomic E-state index is -2.99. The van der Waals surface area contributed by atoms with Crippen LogP contribution in [0.3, 0.4) is 0 Å². The van der Waals surface area contributed by atoms with Crippen molar-refractivity contribution in [2.24, 2.45) is 0 Å². The van der Waals surface area contributed by atoms with E-state index in [9.17, 15) is 8.42 Å². The zero-order valence-corrected chi connectivity index (χ0v) is 9.28. The molecule has 0 heterocycles. The molecule has 11 heavy (non-hydrogen) atoms. The summed E-state index contributed by atoms with van der Waals surface area (Å²) in [6.07, 6.45) is 2.10. The molecule has 5 heteroatoms. The third kappa shape index (κ3) is 4.76. The van der Waals surface area contributed by atoms with Crippen LogP contribution in [0.2, 0.25) is 0 Å². The Bertz CT molecular complexity index is 185. The van der Waals surface area contributed by atoms with Crippen molar-refractivity contribution < 1.29 is 8.42 Å². The molecular weight excluding hydrogens is 230 g/mol. The molecule has 0 aromatic rings. The van der Waals surface area contributed by atoms with Gasteiger partial charge < -0.3 is 0 Å². The molecule has 0 spiro atoms. The molecule has 0 bridgehead atoms. The molecule has 0 aliphatic carbocycles. The predicted octanol–water partition coefficient (Wildman–Crippen LogP) is 1.05. The fraction of sp³-hybridized carbons (Fsp3) is 1.00. The van der Waals surface area contributed by atoms with Crippen LogP contribution in [-0.4, -0.2) is 37.4 Å². The van der Waals surface area contributed by atoms with E-state index in [1.807, 2.05) is 6.92 Å². The molecule has 0 aliphatic rings. The minimum Gasteiger partial charge on any atom is -0.213 e. The van der Waals surface area contributed by atoms with Gasteiger partial charge in [0.05, 0.1) is 6.26 Å². The van der Waals surface area contributed by atoms with E-state index in [2.05, 4.69) is 15.9 Å². The average molecular weight is 244 g/mol. The Morgan fingerprint density at radius 3 is 2.18 bits per heavy atom. The molecule has 0 radical (unpaired) electrons. The first kappa shape index (κ1) is 11.4. The number of halogens is 1. The summed E-state index contributed by atoms with van der Waals surface area (Å²) in [7, 11) is -2.99. The Hall–Kier alpha value is 0.390. The summed E-state index contributed by atoms with van der Waals surface area (Å²) in [5.74, 6) is 0. The van der Waals surface area contributed by atoms with Gasteiger partial charge in [0, 0.05) is 18.4 Å². The highest BCUT2D eigenvalue weighted by atomic mass is 79.9. The van der Waals surface area contributed by atoms with Crippen LogP contribution in [0.1, 0.15) is 13.3 Å². The molecule has 0 aliphatic heterocycles. The molecule has 0 saturated carbocycles. The number of sulfonamides is 1. The number of alkyl halides is 1. The van der Waals surface area contributed by atoms with Crippen molar-refractivity contribution in [3.8, 4) is 0 Å². The van der Waals surface area contributed by atoms with Gasteiger partial charge in [0.2, 0.25) is 10.0 Å². The lowest BCUT2D eigenvalue weighted by atomic mass is 10.5. The lowest BCUT2D eigenvalue weighted by Crippen LogP contribution is -2.32. The Balaban J connectivity index is 4.11. The Morgan fingerprint density at radius 1 is 1.36 bits per heavy atom. The number of hydrogen-bond donors (Lipinski definition) is 0. The summed E-state index contributed by atoms with van der Waals surface area (Å²) in [5, 5.41) is 0.695. The number of nitrogens with zero attached hydrogens (tertiary/aromatic N) is 1. The van der Waals surface area contributed by atoms with E-state index in [1.54, 1.807) is 0 Å². The maximum Gasteiger partial charge on any atom is 0.211 e. The molecule has 0 atom stereocenters. The number of rotatable bonds is 5. The highest BCUT2D eigenvalue weighted by Crippen LogP contribution is 1.99. The van der Waals surface area contributed by atoms with Crippen LogP contribution < -0.4 is 0 Å². The molecule has 0 aromatic heterocycles. The summed E-state index contributed by atoms with van der Waals surface area (Å²) in [6.45, 7) is 3.14.